The maximum Gasteiger partial charge on any atom is 0.260 e. The molecule has 22 heavy (non-hydrogen) atoms. The van der Waals surface area contributed by atoms with Crippen LogP contribution in [0.5, 0.6) is 0 Å². The number of hydrogen-bond donors (Lipinski definition) is 2. The largest absolute Gasteiger partial charge is 0.348 e. The van der Waals surface area contributed by atoms with Crippen LogP contribution >= 0.6 is 0 Å². The van der Waals surface area contributed by atoms with Crippen LogP contribution in [0.4, 0.5) is 0 Å². The molecule has 0 radical (unpaired) electrons. The van der Waals surface area contributed by atoms with E-state index in [1.54, 1.807) is 44.4 Å². The van der Waals surface area contributed by atoms with Crippen LogP contribution in [-0.4, -0.2) is 35.8 Å². The van der Waals surface area contributed by atoms with Gasteiger partial charge in [0, 0.05) is 32.4 Å². The summed E-state index contributed by atoms with van der Waals surface area (Å²) in [6.45, 7) is 0.281. The maximum absolute atomic E-state index is 11.9. The van der Waals surface area contributed by atoms with E-state index < -0.39 is 11.5 Å². The average molecular weight is 299 g/mol. The number of benzene rings is 1. The van der Waals surface area contributed by atoms with Crippen LogP contribution in [0.25, 0.3) is 0 Å². The van der Waals surface area contributed by atoms with Gasteiger partial charge in [0.2, 0.25) is 0 Å². The molecule has 1 aromatic carbocycles. The van der Waals surface area contributed by atoms with E-state index in [1.807, 2.05) is 0 Å². The number of hydrogen-bond acceptors (Lipinski definition) is 3. The highest BCUT2D eigenvalue weighted by atomic mass is 16.2. The zero-order chi connectivity index (χ0) is 16.1. The van der Waals surface area contributed by atoms with E-state index in [1.165, 1.54) is 17.2 Å². The van der Waals surface area contributed by atoms with E-state index in [2.05, 4.69) is 10.3 Å². The summed E-state index contributed by atoms with van der Waals surface area (Å²) in [7, 11) is 3.38. The van der Waals surface area contributed by atoms with Crippen molar-refractivity contribution in [2.45, 2.75) is 6.54 Å². The number of aromatic nitrogens is 1. The number of nitrogens with zero attached hydrogens (tertiary/aromatic N) is 1. The zero-order valence-electron chi connectivity index (χ0n) is 12.4. The molecule has 2 aromatic rings. The van der Waals surface area contributed by atoms with Gasteiger partial charge >= 0.3 is 0 Å². The minimum atomic E-state index is -0.435. The summed E-state index contributed by atoms with van der Waals surface area (Å²) in [6, 6.07) is 10.0. The molecule has 0 aliphatic carbocycles. The van der Waals surface area contributed by atoms with Crippen molar-refractivity contribution in [2.24, 2.45) is 0 Å². The molecular formula is C16H17N3O3. The molecule has 2 amide bonds. The molecule has 0 atom stereocenters. The topological polar surface area (TPSA) is 82.3 Å². The van der Waals surface area contributed by atoms with Crippen LogP contribution in [-0.2, 0) is 6.54 Å². The Labute approximate surface area is 127 Å². The number of H-pyrrole nitrogens is 1. The first-order valence-corrected chi connectivity index (χ1v) is 6.75. The van der Waals surface area contributed by atoms with Gasteiger partial charge in [-0.3, -0.25) is 14.4 Å². The van der Waals surface area contributed by atoms with E-state index in [0.717, 1.165) is 5.56 Å². The lowest BCUT2D eigenvalue weighted by molar-refractivity contribution is 0.0827. The summed E-state index contributed by atoms with van der Waals surface area (Å²) >= 11 is 0. The smallest absolute Gasteiger partial charge is 0.260 e. The highest BCUT2D eigenvalue weighted by molar-refractivity contribution is 5.94. The van der Waals surface area contributed by atoms with Crippen molar-refractivity contribution in [3.05, 3.63) is 69.6 Å². The van der Waals surface area contributed by atoms with E-state index >= 15 is 0 Å². The summed E-state index contributed by atoms with van der Waals surface area (Å²) < 4.78 is 0. The lowest BCUT2D eigenvalue weighted by Crippen LogP contribution is -2.28. The fourth-order valence-corrected chi connectivity index (χ4v) is 1.90. The predicted molar refractivity (Wildman–Crippen MR) is 82.7 cm³/mol. The van der Waals surface area contributed by atoms with Gasteiger partial charge in [-0.25, -0.2) is 0 Å². The predicted octanol–water partition coefficient (Wildman–Crippen LogP) is 1.01. The van der Waals surface area contributed by atoms with E-state index in [9.17, 15) is 14.4 Å². The quantitative estimate of drug-likeness (QED) is 0.884. The Morgan fingerprint density at radius 1 is 1.14 bits per heavy atom. The molecule has 0 fully saturated rings. The molecule has 6 heteroatoms. The summed E-state index contributed by atoms with van der Waals surface area (Å²) in [5.41, 5.74) is 1.07. The average Bonchev–Trinajstić information content (AvgIpc) is 2.52. The number of carbonyl (C=O) groups excluding carboxylic acids is 2. The zero-order valence-corrected chi connectivity index (χ0v) is 12.4. The molecule has 0 spiro atoms. The maximum atomic E-state index is 11.9. The molecule has 2 N–H and O–H groups in total. The van der Waals surface area contributed by atoms with Crippen molar-refractivity contribution in [3.63, 3.8) is 0 Å². The third kappa shape index (κ3) is 3.60. The van der Waals surface area contributed by atoms with Crippen LogP contribution in [0.2, 0.25) is 0 Å². The van der Waals surface area contributed by atoms with Crippen molar-refractivity contribution >= 4 is 11.8 Å². The van der Waals surface area contributed by atoms with Crippen LogP contribution in [0.1, 0.15) is 26.3 Å². The molecule has 0 aliphatic heterocycles. The second kappa shape index (κ2) is 6.71. The lowest BCUT2D eigenvalue weighted by Gasteiger charge is -2.10. The van der Waals surface area contributed by atoms with Crippen molar-refractivity contribution in [2.75, 3.05) is 14.1 Å². The van der Waals surface area contributed by atoms with Gasteiger partial charge in [-0.1, -0.05) is 12.1 Å². The van der Waals surface area contributed by atoms with Gasteiger partial charge in [0.25, 0.3) is 17.4 Å². The summed E-state index contributed by atoms with van der Waals surface area (Å²) in [4.78, 5) is 39.1. The van der Waals surface area contributed by atoms with Gasteiger partial charge in [0.1, 0.15) is 5.56 Å². The van der Waals surface area contributed by atoms with Gasteiger partial charge < -0.3 is 15.2 Å². The monoisotopic (exact) mass is 299 g/mol. The first-order valence-electron chi connectivity index (χ1n) is 6.75. The highest BCUT2D eigenvalue weighted by Crippen LogP contribution is 2.06. The minimum absolute atomic E-state index is 0.0712. The Morgan fingerprint density at radius 2 is 1.82 bits per heavy atom. The number of amides is 2. The van der Waals surface area contributed by atoms with Crippen molar-refractivity contribution in [1.82, 2.24) is 15.2 Å². The summed E-state index contributed by atoms with van der Waals surface area (Å²) in [6.07, 6.45) is 1.47. The standard InChI is InChI=1S/C16H17N3O3/c1-19(2)16(22)12-7-5-11(6-8-12)10-18-15(21)13-4-3-9-17-14(13)20/h3-9H,10H2,1-2H3,(H,17,20)(H,18,21). The van der Waals surface area contributed by atoms with Crippen LogP contribution in [0, 0.1) is 0 Å². The molecule has 0 saturated carbocycles. The molecule has 0 aliphatic rings. The van der Waals surface area contributed by atoms with Crippen LogP contribution in [0.3, 0.4) is 0 Å². The lowest BCUT2D eigenvalue weighted by atomic mass is 10.1. The molecule has 0 saturated heterocycles. The van der Waals surface area contributed by atoms with Gasteiger partial charge in [-0.05, 0) is 29.8 Å². The summed E-state index contributed by atoms with van der Waals surface area (Å²) in [5, 5.41) is 2.67. The molecule has 0 bridgehead atoms. The number of rotatable bonds is 4. The molecular weight excluding hydrogens is 282 g/mol. The van der Waals surface area contributed by atoms with Gasteiger partial charge in [0.05, 0.1) is 0 Å². The fourth-order valence-electron chi connectivity index (χ4n) is 1.90. The first kappa shape index (κ1) is 15.5. The number of pyridine rings is 1. The molecule has 2 rings (SSSR count). The van der Waals surface area contributed by atoms with Gasteiger partial charge in [-0.2, -0.15) is 0 Å². The molecule has 1 heterocycles. The number of aromatic amines is 1. The Hall–Kier alpha value is -2.89. The molecule has 1 aromatic heterocycles. The highest BCUT2D eigenvalue weighted by Gasteiger charge is 2.10. The number of nitrogens with one attached hydrogen (secondary N) is 2. The second-order valence-electron chi connectivity index (χ2n) is 4.99. The van der Waals surface area contributed by atoms with E-state index in [4.69, 9.17) is 0 Å². The van der Waals surface area contributed by atoms with Gasteiger partial charge in [0.15, 0.2) is 0 Å². The Morgan fingerprint density at radius 3 is 2.41 bits per heavy atom. The van der Waals surface area contributed by atoms with Crippen molar-refractivity contribution < 1.29 is 9.59 Å². The second-order valence-corrected chi connectivity index (χ2v) is 4.99. The Kier molecular flexibility index (Phi) is 4.73. The fraction of sp³-hybridized carbons (Fsp3) is 0.188. The summed E-state index contributed by atoms with van der Waals surface area (Å²) in [5.74, 6) is -0.512. The Balaban J connectivity index is 2.00. The first-order chi connectivity index (χ1) is 10.5. The van der Waals surface area contributed by atoms with Crippen molar-refractivity contribution in [3.8, 4) is 0 Å². The van der Waals surface area contributed by atoms with Gasteiger partial charge in [-0.15, -0.1) is 0 Å². The molecule has 6 nitrogen and oxygen atoms in total. The van der Waals surface area contributed by atoms with E-state index in [-0.39, 0.29) is 18.0 Å². The SMILES string of the molecule is CN(C)C(=O)c1ccc(CNC(=O)c2ccc[nH]c2=O)cc1. The third-order valence-corrected chi connectivity index (χ3v) is 3.12. The van der Waals surface area contributed by atoms with Crippen LogP contribution in [0.15, 0.2) is 47.4 Å². The Bertz CT molecular complexity index is 733. The number of carbonyl (C=O) groups is 2. The van der Waals surface area contributed by atoms with Crippen LogP contribution < -0.4 is 10.9 Å². The molecule has 114 valence electrons. The normalized spacial score (nSPS) is 10.1. The minimum Gasteiger partial charge on any atom is -0.348 e. The van der Waals surface area contributed by atoms with Crippen molar-refractivity contribution in [1.29, 1.82) is 0 Å². The third-order valence-electron chi connectivity index (χ3n) is 3.12. The van der Waals surface area contributed by atoms with E-state index in [0.29, 0.717) is 5.56 Å². The molecule has 0 unspecified atom stereocenters.